The van der Waals surface area contributed by atoms with Crippen LogP contribution in [0.1, 0.15) is 5.56 Å². The molecule has 11 heteroatoms. The number of nitriles is 1. The summed E-state index contributed by atoms with van der Waals surface area (Å²) in [5.74, 6) is 0.0460. The molecule has 0 spiro atoms. The zero-order valence-corrected chi connectivity index (χ0v) is 15.9. The second-order valence-electron chi connectivity index (χ2n) is 5.88. The van der Waals surface area contributed by atoms with Crippen LogP contribution >= 0.6 is 11.8 Å². The maximum atomic E-state index is 12.4. The lowest BCUT2D eigenvalue weighted by Crippen LogP contribution is -2.54. The minimum Gasteiger partial charge on any atom is -0.378 e. The molecule has 1 aliphatic heterocycles. The first kappa shape index (κ1) is 21.5. The molecule has 1 heterocycles. The Labute approximate surface area is 166 Å². The number of carbonyl (C=O) groups is 2. The van der Waals surface area contributed by atoms with Crippen molar-refractivity contribution in [3.63, 3.8) is 0 Å². The van der Waals surface area contributed by atoms with Crippen LogP contribution in [0.4, 0.5) is 10.5 Å². The molecule has 150 valence electrons. The van der Waals surface area contributed by atoms with E-state index >= 15 is 0 Å². The predicted molar refractivity (Wildman–Crippen MR) is 103 cm³/mol. The Morgan fingerprint density at radius 1 is 1.36 bits per heavy atom. The van der Waals surface area contributed by atoms with E-state index < -0.39 is 16.9 Å². The summed E-state index contributed by atoms with van der Waals surface area (Å²) >= 11 is 1.29. The maximum absolute atomic E-state index is 12.4. The van der Waals surface area contributed by atoms with Crippen molar-refractivity contribution in [1.29, 1.82) is 5.26 Å². The van der Waals surface area contributed by atoms with Gasteiger partial charge in [-0.1, -0.05) is 18.2 Å². The molecule has 2 N–H and O–H groups in total. The summed E-state index contributed by atoms with van der Waals surface area (Å²) < 4.78 is 5.20. The Balaban J connectivity index is 1.97. The number of hydrogen-bond donors (Lipinski definition) is 2. The van der Waals surface area contributed by atoms with Crippen LogP contribution in [0, 0.1) is 21.4 Å². The lowest BCUT2D eigenvalue weighted by atomic mass is 10.2. The Morgan fingerprint density at radius 3 is 2.75 bits per heavy atom. The summed E-state index contributed by atoms with van der Waals surface area (Å²) in [4.78, 5) is 36.9. The summed E-state index contributed by atoms with van der Waals surface area (Å²) in [7, 11) is 0. The van der Waals surface area contributed by atoms with E-state index in [-0.39, 0.29) is 24.0 Å². The van der Waals surface area contributed by atoms with Crippen LogP contribution in [0.2, 0.25) is 0 Å². The predicted octanol–water partition coefficient (Wildman–Crippen LogP) is 0.878. The molecule has 1 aromatic rings. The molecule has 1 atom stereocenters. The Morgan fingerprint density at radius 2 is 2.07 bits per heavy atom. The van der Waals surface area contributed by atoms with E-state index in [4.69, 9.17) is 10.00 Å². The highest BCUT2D eigenvalue weighted by atomic mass is 32.2. The summed E-state index contributed by atoms with van der Waals surface area (Å²) in [6.07, 6.45) is 0. The first-order chi connectivity index (χ1) is 13.5. The van der Waals surface area contributed by atoms with Gasteiger partial charge in [-0.05, 0) is 0 Å². The van der Waals surface area contributed by atoms with Crippen LogP contribution in [-0.2, 0) is 15.3 Å². The topological polar surface area (TPSA) is 138 Å². The van der Waals surface area contributed by atoms with Crippen molar-refractivity contribution < 1.29 is 19.2 Å². The molecule has 0 saturated carbocycles. The number of ether oxygens (including phenoxy) is 1. The quantitative estimate of drug-likeness (QED) is 0.371. The van der Waals surface area contributed by atoms with E-state index in [0.29, 0.717) is 37.6 Å². The molecule has 0 unspecified atom stereocenters. The fourth-order valence-corrected chi connectivity index (χ4v) is 3.59. The normalized spacial score (nSPS) is 14.6. The molecular weight excluding hydrogens is 386 g/mol. The molecule has 1 saturated heterocycles. The Bertz CT molecular complexity index is 748. The second kappa shape index (κ2) is 11.1. The number of urea groups is 1. The highest BCUT2D eigenvalue weighted by molar-refractivity contribution is 7.98. The van der Waals surface area contributed by atoms with Gasteiger partial charge in [-0.2, -0.15) is 17.0 Å². The third-order valence-corrected chi connectivity index (χ3v) is 5.07. The van der Waals surface area contributed by atoms with Gasteiger partial charge in [-0.25, -0.2) is 4.79 Å². The van der Waals surface area contributed by atoms with Crippen LogP contribution in [0.15, 0.2) is 24.3 Å². The fourth-order valence-electron chi connectivity index (χ4n) is 2.54. The number of nitrogens with zero attached hydrogens (tertiary/aromatic N) is 3. The number of amides is 3. The smallest absolute Gasteiger partial charge is 0.318 e. The number of carbonyl (C=O) groups excluding carboxylic acids is 2. The summed E-state index contributed by atoms with van der Waals surface area (Å²) in [5.41, 5.74) is 0.547. The second-order valence-corrected chi connectivity index (χ2v) is 6.91. The molecule has 0 aromatic heterocycles. The van der Waals surface area contributed by atoms with Gasteiger partial charge in [0.05, 0.1) is 24.2 Å². The van der Waals surface area contributed by atoms with Crippen molar-refractivity contribution in [3.8, 4) is 6.07 Å². The first-order valence-electron chi connectivity index (χ1n) is 8.60. The monoisotopic (exact) mass is 407 g/mol. The van der Waals surface area contributed by atoms with Crippen molar-refractivity contribution in [1.82, 2.24) is 15.5 Å². The molecule has 10 nitrogen and oxygen atoms in total. The first-order valence-corrected chi connectivity index (χ1v) is 9.76. The average molecular weight is 407 g/mol. The molecule has 0 radical (unpaired) electrons. The molecule has 28 heavy (non-hydrogen) atoms. The van der Waals surface area contributed by atoms with Crippen molar-refractivity contribution in [2.45, 2.75) is 11.8 Å². The fraction of sp³-hybridized carbons (Fsp3) is 0.471. The van der Waals surface area contributed by atoms with Gasteiger partial charge in [0.2, 0.25) is 5.91 Å². The summed E-state index contributed by atoms with van der Waals surface area (Å²) in [6, 6.07) is 6.95. The zero-order valence-electron chi connectivity index (χ0n) is 15.1. The number of benzene rings is 1. The van der Waals surface area contributed by atoms with Crippen LogP contribution in [0.25, 0.3) is 0 Å². The minimum absolute atomic E-state index is 0.0119. The number of rotatable bonds is 8. The van der Waals surface area contributed by atoms with Gasteiger partial charge in [-0.15, -0.1) is 0 Å². The third-order valence-electron chi connectivity index (χ3n) is 3.98. The lowest BCUT2D eigenvalue weighted by molar-refractivity contribution is -0.385. The van der Waals surface area contributed by atoms with Gasteiger partial charge in [-0.3, -0.25) is 14.9 Å². The van der Waals surface area contributed by atoms with Crippen LogP contribution in [0.5, 0.6) is 0 Å². The van der Waals surface area contributed by atoms with E-state index in [0.717, 1.165) is 0 Å². The van der Waals surface area contributed by atoms with Gasteiger partial charge in [0.25, 0.3) is 5.69 Å². The Kier molecular flexibility index (Phi) is 8.51. The number of nitro groups is 1. The molecular formula is C17H21N5O5S. The SMILES string of the molecule is N#CCNC(=O)[C@H](CSCc1ccccc1[N+](=O)[O-])NC(=O)N1CCOCC1. The minimum atomic E-state index is -0.864. The number of nitrogens with one attached hydrogen (secondary N) is 2. The molecule has 1 aliphatic rings. The van der Waals surface area contributed by atoms with Crippen molar-refractivity contribution in [2.24, 2.45) is 0 Å². The molecule has 2 rings (SSSR count). The average Bonchev–Trinajstić information content (AvgIpc) is 2.72. The van der Waals surface area contributed by atoms with Crippen molar-refractivity contribution in [3.05, 3.63) is 39.9 Å². The molecule has 0 aliphatic carbocycles. The number of morpholine rings is 1. The van der Waals surface area contributed by atoms with E-state index in [1.54, 1.807) is 23.1 Å². The highest BCUT2D eigenvalue weighted by Gasteiger charge is 2.25. The molecule has 1 aromatic carbocycles. The highest BCUT2D eigenvalue weighted by Crippen LogP contribution is 2.23. The van der Waals surface area contributed by atoms with Crippen molar-refractivity contribution in [2.75, 3.05) is 38.6 Å². The van der Waals surface area contributed by atoms with Crippen LogP contribution < -0.4 is 10.6 Å². The van der Waals surface area contributed by atoms with E-state index in [9.17, 15) is 19.7 Å². The number of hydrogen-bond acceptors (Lipinski definition) is 7. The molecule has 1 fully saturated rings. The maximum Gasteiger partial charge on any atom is 0.318 e. The number of para-hydroxylation sites is 1. The van der Waals surface area contributed by atoms with Gasteiger partial charge in [0.15, 0.2) is 0 Å². The van der Waals surface area contributed by atoms with E-state index in [1.165, 1.54) is 17.8 Å². The van der Waals surface area contributed by atoms with Crippen LogP contribution in [-0.4, -0.2) is 66.4 Å². The van der Waals surface area contributed by atoms with Crippen LogP contribution in [0.3, 0.4) is 0 Å². The number of nitro benzene ring substituents is 1. The molecule has 3 amide bonds. The molecule has 0 bridgehead atoms. The van der Waals surface area contributed by atoms with E-state index in [2.05, 4.69) is 10.6 Å². The lowest BCUT2D eigenvalue weighted by Gasteiger charge is -2.29. The van der Waals surface area contributed by atoms with Crippen molar-refractivity contribution >= 4 is 29.4 Å². The number of thioether (sulfide) groups is 1. The van der Waals surface area contributed by atoms with Gasteiger partial charge < -0.3 is 20.3 Å². The van der Waals surface area contributed by atoms with Gasteiger partial charge in [0, 0.05) is 36.2 Å². The zero-order chi connectivity index (χ0) is 20.4. The standard InChI is InChI=1S/C17H21N5O5S/c18-5-6-19-16(23)14(20-17(24)21-7-9-27-10-8-21)12-28-11-13-3-1-2-4-15(13)22(25)26/h1-4,14H,6-12H2,(H,19,23)(H,20,24)/t14-/m0/s1. The van der Waals surface area contributed by atoms with Gasteiger partial charge >= 0.3 is 6.03 Å². The largest absolute Gasteiger partial charge is 0.378 e. The van der Waals surface area contributed by atoms with Gasteiger partial charge in [0.1, 0.15) is 12.6 Å². The van der Waals surface area contributed by atoms with E-state index in [1.807, 2.05) is 6.07 Å². The third kappa shape index (κ3) is 6.40. The summed E-state index contributed by atoms with van der Waals surface area (Å²) in [5, 5.41) is 24.9. The summed E-state index contributed by atoms with van der Waals surface area (Å²) in [6.45, 7) is 1.57. The Hall–Kier alpha value is -2.84.